The first-order valence-corrected chi connectivity index (χ1v) is 3.87. The molecule has 0 atom stereocenters. The lowest BCUT2D eigenvalue weighted by Crippen LogP contribution is -1.99. The lowest BCUT2D eigenvalue weighted by atomic mass is 10.5. The molecular weight excluding hydrogens is 255 g/mol. The summed E-state index contributed by atoms with van der Waals surface area (Å²) in [6.07, 6.45) is -0.220. The fourth-order valence-electron chi connectivity index (χ4n) is 0.755. The van der Waals surface area contributed by atoms with Gasteiger partial charge < -0.3 is 5.73 Å². The summed E-state index contributed by atoms with van der Waals surface area (Å²) in [6, 6.07) is 0.0455. The van der Waals surface area contributed by atoms with Crippen molar-refractivity contribution in [3.63, 3.8) is 0 Å². The maximum absolute atomic E-state index is 7.59. The topological polar surface area (TPSA) is 56.2 Å². The molecule has 5 heteroatoms. The number of nitrogens with two attached hydrogens (primary N) is 1. The Kier molecular flexibility index (Phi) is 0.899. The Labute approximate surface area is 80.8 Å². The number of fused-ring (bicyclic) bond motifs is 1. The van der Waals surface area contributed by atoms with Crippen molar-refractivity contribution in [2.24, 2.45) is 0 Å². The Bertz CT molecular complexity index is 524. The molecule has 2 rings (SSSR count). The molecule has 0 aliphatic heterocycles. The fraction of sp³-hybridized carbons (Fsp3) is 0. The molecule has 0 aliphatic rings. The average Bonchev–Trinajstić information content (AvgIpc) is 2.31. The molecule has 2 aromatic heterocycles. The highest BCUT2D eigenvalue weighted by molar-refractivity contribution is 14.1. The van der Waals surface area contributed by atoms with Gasteiger partial charge in [0, 0.05) is 0 Å². The Morgan fingerprint density at radius 3 is 3.27 bits per heavy atom. The number of aromatic nitrogens is 3. The van der Waals surface area contributed by atoms with Crippen LogP contribution in [0.3, 0.4) is 0 Å². The van der Waals surface area contributed by atoms with Crippen LogP contribution in [0.1, 0.15) is 4.11 Å². The van der Waals surface area contributed by atoms with Gasteiger partial charge in [-0.15, -0.1) is 0 Å². The summed E-state index contributed by atoms with van der Waals surface area (Å²) in [5, 5.41) is 3.76. The third-order valence-corrected chi connectivity index (χ3v) is 1.97. The molecule has 56 valence electrons. The lowest BCUT2D eigenvalue weighted by Gasteiger charge is -1.95. The van der Waals surface area contributed by atoms with Gasteiger partial charge in [0.05, 0.1) is 2.74 Å². The third-order valence-electron chi connectivity index (χ3n) is 1.24. The minimum absolute atomic E-state index is 0.00750. The summed E-state index contributed by atoms with van der Waals surface area (Å²) < 4.78 is 24.1. The zero-order valence-corrected chi connectivity index (χ0v) is 7.45. The smallest absolute Gasteiger partial charge is 0.151 e. The van der Waals surface area contributed by atoms with Crippen LogP contribution in [-0.4, -0.2) is 14.6 Å². The SMILES string of the molecule is [2H]c1nc(N)c2c([2H])c([2H])c(I)n2n1. The van der Waals surface area contributed by atoms with Crippen molar-refractivity contribution in [3.8, 4) is 0 Å². The molecule has 0 fully saturated rings. The van der Waals surface area contributed by atoms with Crippen molar-refractivity contribution in [2.75, 3.05) is 5.73 Å². The van der Waals surface area contributed by atoms with E-state index in [1.54, 1.807) is 0 Å². The largest absolute Gasteiger partial charge is 0.382 e. The van der Waals surface area contributed by atoms with Crippen molar-refractivity contribution >= 4 is 33.9 Å². The van der Waals surface area contributed by atoms with Crippen molar-refractivity contribution in [2.45, 2.75) is 0 Å². The second-order valence-electron chi connectivity index (χ2n) is 1.90. The quantitative estimate of drug-likeness (QED) is 0.719. The summed E-state index contributed by atoms with van der Waals surface area (Å²) in [5.41, 5.74) is 5.83. The van der Waals surface area contributed by atoms with Crippen LogP contribution in [0, 0.1) is 3.70 Å². The first-order valence-electron chi connectivity index (χ1n) is 4.30. The number of hydrogen-bond acceptors (Lipinski definition) is 3. The van der Waals surface area contributed by atoms with Crippen LogP contribution in [-0.2, 0) is 0 Å². The molecule has 0 unspecified atom stereocenters. The molecule has 0 bridgehead atoms. The number of halogens is 1. The summed E-state index contributed by atoms with van der Waals surface area (Å²) in [6.45, 7) is 0. The summed E-state index contributed by atoms with van der Waals surface area (Å²) >= 11 is 1.88. The van der Waals surface area contributed by atoms with Crippen molar-refractivity contribution in [1.82, 2.24) is 14.6 Å². The summed E-state index contributed by atoms with van der Waals surface area (Å²) in [5.74, 6) is 0.0615. The highest BCUT2D eigenvalue weighted by Gasteiger charge is 2.01. The van der Waals surface area contributed by atoms with E-state index in [0.29, 0.717) is 3.70 Å². The molecule has 2 aromatic rings. The number of nitrogen functional groups attached to an aromatic ring is 1. The second-order valence-corrected chi connectivity index (χ2v) is 2.92. The highest BCUT2D eigenvalue weighted by atomic mass is 127. The van der Waals surface area contributed by atoms with E-state index in [-0.39, 0.29) is 29.7 Å². The van der Waals surface area contributed by atoms with Gasteiger partial charge in [-0.25, -0.2) is 9.50 Å². The second kappa shape index (κ2) is 2.33. The molecule has 0 aliphatic carbocycles. The maximum Gasteiger partial charge on any atom is 0.151 e. The molecule has 2 N–H and O–H groups in total. The van der Waals surface area contributed by atoms with Crippen LogP contribution in [0.4, 0.5) is 5.82 Å². The van der Waals surface area contributed by atoms with Gasteiger partial charge in [-0.05, 0) is 34.7 Å². The molecule has 2 heterocycles. The van der Waals surface area contributed by atoms with E-state index in [1.165, 1.54) is 4.52 Å². The van der Waals surface area contributed by atoms with Gasteiger partial charge in [-0.1, -0.05) is 0 Å². The van der Waals surface area contributed by atoms with Crippen LogP contribution in [0.25, 0.3) is 5.52 Å². The minimum Gasteiger partial charge on any atom is -0.382 e. The number of anilines is 1. The van der Waals surface area contributed by atoms with Gasteiger partial charge in [0.25, 0.3) is 0 Å². The lowest BCUT2D eigenvalue weighted by molar-refractivity contribution is 0.887. The van der Waals surface area contributed by atoms with E-state index in [9.17, 15) is 0 Å². The average molecular weight is 263 g/mol. The molecule has 11 heavy (non-hydrogen) atoms. The normalized spacial score (nSPS) is 14.5. The zero-order valence-electron chi connectivity index (χ0n) is 8.30. The predicted octanol–water partition coefficient (Wildman–Crippen LogP) is 0.916. The maximum atomic E-state index is 7.59. The van der Waals surface area contributed by atoms with Gasteiger partial charge in [0.2, 0.25) is 0 Å². The molecule has 4 nitrogen and oxygen atoms in total. The predicted molar refractivity (Wildman–Crippen MR) is 50.1 cm³/mol. The fourth-order valence-corrected chi connectivity index (χ4v) is 1.24. The van der Waals surface area contributed by atoms with Gasteiger partial charge >= 0.3 is 0 Å². The number of nitrogens with zero attached hydrogens (tertiary/aromatic N) is 3. The van der Waals surface area contributed by atoms with Crippen LogP contribution in [0.5, 0.6) is 0 Å². The first kappa shape index (κ1) is 4.24. The summed E-state index contributed by atoms with van der Waals surface area (Å²) in [4.78, 5) is 3.62. The molecule has 0 saturated carbocycles. The zero-order chi connectivity index (χ0) is 10.5. The van der Waals surface area contributed by atoms with Gasteiger partial charge in [-0.3, -0.25) is 0 Å². The van der Waals surface area contributed by atoms with E-state index in [4.69, 9.17) is 9.85 Å². The number of hydrogen-bond donors (Lipinski definition) is 1. The molecule has 0 spiro atoms. The molecule has 0 amide bonds. The Balaban J connectivity index is 3.02. The van der Waals surface area contributed by atoms with E-state index >= 15 is 0 Å². The Hall–Kier alpha value is -0.850. The Morgan fingerprint density at radius 1 is 1.64 bits per heavy atom. The number of rotatable bonds is 0. The van der Waals surface area contributed by atoms with Crippen LogP contribution < -0.4 is 5.73 Å². The van der Waals surface area contributed by atoms with Crippen molar-refractivity contribution in [3.05, 3.63) is 22.1 Å². The van der Waals surface area contributed by atoms with Gasteiger partial charge in [0.15, 0.2) is 5.82 Å². The van der Waals surface area contributed by atoms with Crippen LogP contribution in [0.15, 0.2) is 18.4 Å². The van der Waals surface area contributed by atoms with Crippen LogP contribution in [0.2, 0.25) is 0 Å². The highest BCUT2D eigenvalue weighted by Crippen LogP contribution is 2.13. The summed E-state index contributed by atoms with van der Waals surface area (Å²) in [7, 11) is 0. The molecular formula is C6H5IN4. The molecule has 0 radical (unpaired) electrons. The molecule has 0 saturated heterocycles. The monoisotopic (exact) mass is 263 g/mol. The standard InChI is InChI=1S/C6H5IN4/c7-5-2-1-4-6(8)9-3-10-11(4)5/h1-3H,(H2,8,9,10)/i1D,2D,3D. The van der Waals surface area contributed by atoms with Crippen LogP contribution >= 0.6 is 22.6 Å². The van der Waals surface area contributed by atoms with E-state index < -0.39 is 0 Å². The first-order chi connectivity index (χ1) is 6.52. The third kappa shape index (κ3) is 0.953. The Morgan fingerprint density at radius 2 is 2.45 bits per heavy atom. The van der Waals surface area contributed by atoms with E-state index in [1.807, 2.05) is 22.6 Å². The van der Waals surface area contributed by atoms with E-state index in [2.05, 4.69) is 10.1 Å². The van der Waals surface area contributed by atoms with Crippen molar-refractivity contribution < 1.29 is 4.11 Å². The van der Waals surface area contributed by atoms with Gasteiger partial charge in [0.1, 0.15) is 16.9 Å². The minimum atomic E-state index is -0.220. The van der Waals surface area contributed by atoms with Gasteiger partial charge in [-0.2, -0.15) is 5.10 Å². The molecule has 0 aromatic carbocycles. The van der Waals surface area contributed by atoms with Crippen molar-refractivity contribution in [1.29, 1.82) is 0 Å². The van der Waals surface area contributed by atoms with E-state index in [0.717, 1.165) is 0 Å².